The summed E-state index contributed by atoms with van der Waals surface area (Å²) in [5.41, 5.74) is 1.97. The van der Waals surface area contributed by atoms with E-state index in [1.165, 1.54) is 0 Å². The number of nitrogens with one attached hydrogen (secondary N) is 2. The Bertz CT molecular complexity index is 700. The van der Waals surface area contributed by atoms with Crippen molar-refractivity contribution in [3.05, 3.63) is 64.7 Å². The summed E-state index contributed by atoms with van der Waals surface area (Å²) in [6.07, 6.45) is -0.932. The molecule has 0 aliphatic carbocycles. The van der Waals surface area contributed by atoms with Crippen molar-refractivity contribution in [1.29, 1.82) is 0 Å². The lowest BCUT2D eigenvalue weighted by Crippen LogP contribution is -2.49. The van der Waals surface area contributed by atoms with E-state index in [-0.39, 0.29) is 5.91 Å². The number of aryl methyl sites for hydroxylation is 1. The van der Waals surface area contributed by atoms with E-state index in [0.29, 0.717) is 16.3 Å². The third-order valence-electron chi connectivity index (χ3n) is 3.13. The number of benzene rings is 2. The minimum Gasteiger partial charge on any atom is -0.362 e. The van der Waals surface area contributed by atoms with E-state index in [4.69, 9.17) is 46.4 Å². The highest BCUT2D eigenvalue weighted by Gasteiger charge is 2.34. The van der Waals surface area contributed by atoms with Gasteiger partial charge in [-0.2, -0.15) is 0 Å². The first-order valence-corrected chi connectivity index (χ1v) is 8.24. The molecule has 0 unspecified atom stereocenters. The first-order valence-electron chi connectivity index (χ1n) is 6.72. The molecule has 0 saturated heterocycles. The number of hydrogen-bond donors (Lipinski definition) is 2. The zero-order valence-electron chi connectivity index (χ0n) is 12.1. The van der Waals surface area contributed by atoms with Crippen LogP contribution in [0.15, 0.2) is 48.5 Å². The molecular formula is C16H14Cl4N2O. The minimum absolute atomic E-state index is 0.339. The zero-order chi connectivity index (χ0) is 17.0. The Morgan fingerprint density at radius 3 is 2.39 bits per heavy atom. The van der Waals surface area contributed by atoms with Crippen molar-refractivity contribution in [3.8, 4) is 0 Å². The van der Waals surface area contributed by atoms with Crippen LogP contribution in [0.5, 0.6) is 0 Å². The normalized spacial score (nSPS) is 12.6. The number of hydrogen-bond acceptors (Lipinski definition) is 2. The summed E-state index contributed by atoms with van der Waals surface area (Å²) in [7, 11) is 0. The van der Waals surface area contributed by atoms with Gasteiger partial charge in [0.1, 0.15) is 6.17 Å². The molecule has 0 aromatic heterocycles. The molecule has 7 heteroatoms. The summed E-state index contributed by atoms with van der Waals surface area (Å²) < 4.78 is -1.75. The Balaban J connectivity index is 2.20. The summed E-state index contributed by atoms with van der Waals surface area (Å²) in [4.78, 5) is 12.4. The fraction of sp³-hybridized carbons (Fsp3) is 0.188. The van der Waals surface area contributed by atoms with Crippen LogP contribution >= 0.6 is 46.4 Å². The van der Waals surface area contributed by atoms with E-state index in [9.17, 15) is 4.79 Å². The second-order valence-electron chi connectivity index (χ2n) is 4.92. The van der Waals surface area contributed by atoms with E-state index in [2.05, 4.69) is 10.6 Å². The largest absolute Gasteiger partial charge is 0.362 e. The van der Waals surface area contributed by atoms with Crippen LogP contribution in [0.4, 0.5) is 5.69 Å². The summed E-state index contributed by atoms with van der Waals surface area (Å²) in [6, 6.07) is 14.1. The molecule has 0 bridgehead atoms. The van der Waals surface area contributed by atoms with Crippen molar-refractivity contribution >= 4 is 58.0 Å². The van der Waals surface area contributed by atoms with Crippen molar-refractivity contribution < 1.29 is 4.79 Å². The average molecular weight is 392 g/mol. The quantitative estimate of drug-likeness (QED) is 0.556. The van der Waals surface area contributed by atoms with Gasteiger partial charge >= 0.3 is 0 Å². The summed E-state index contributed by atoms with van der Waals surface area (Å²) in [5, 5.41) is 6.19. The maximum absolute atomic E-state index is 12.4. The minimum atomic E-state index is -1.75. The van der Waals surface area contributed by atoms with Crippen LogP contribution in [-0.2, 0) is 0 Å². The summed E-state index contributed by atoms with van der Waals surface area (Å²) >= 11 is 23.9. The molecule has 3 nitrogen and oxygen atoms in total. The number of rotatable bonds is 4. The predicted octanol–water partition coefficient (Wildman–Crippen LogP) is 5.19. The van der Waals surface area contributed by atoms with Gasteiger partial charge in [-0.15, -0.1) is 0 Å². The van der Waals surface area contributed by atoms with Crippen molar-refractivity contribution in [1.82, 2.24) is 5.32 Å². The second-order valence-corrected chi connectivity index (χ2v) is 7.72. The fourth-order valence-electron chi connectivity index (χ4n) is 1.98. The van der Waals surface area contributed by atoms with Gasteiger partial charge in [0.25, 0.3) is 5.91 Å². The highest BCUT2D eigenvalue weighted by molar-refractivity contribution is 6.68. The monoisotopic (exact) mass is 390 g/mol. The second kappa shape index (κ2) is 7.63. The molecule has 2 aromatic carbocycles. The van der Waals surface area contributed by atoms with Gasteiger partial charge in [0.15, 0.2) is 0 Å². The molecule has 2 aromatic rings. The molecule has 0 fully saturated rings. The Hall–Kier alpha value is -1.13. The zero-order valence-corrected chi connectivity index (χ0v) is 15.1. The van der Waals surface area contributed by atoms with Gasteiger partial charge in [-0.05, 0) is 36.8 Å². The van der Waals surface area contributed by atoms with Gasteiger partial charge in [0, 0.05) is 16.3 Å². The molecule has 0 radical (unpaired) electrons. The van der Waals surface area contributed by atoms with E-state index < -0.39 is 9.96 Å². The Labute approximate surface area is 154 Å². The van der Waals surface area contributed by atoms with Crippen LogP contribution in [0.25, 0.3) is 0 Å². The van der Waals surface area contributed by atoms with E-state index in [0.717, 1.165) is 5.56 Å². The first-order chi connectivity index (χ1) is 10.8. The lowest BCUT2D eigenvalue weighted by Gasteiger charge is -2.27. The maximum atomic E-state index is 12.4. The molecule has 0 aliphatic heterocycles. The summed E-state index contributed by atoms with van der Waals surface area (Å²) in [6.45, 7) is 1.84. The molecule has 1 amide bonds. The van der Waals surface area contributed by atoms with Gasteiger partial charge in [-0.1, -0.05) is 70.7 Å². The number of carbonyl (C=O) groups is 1. The Morgan fingerprint density at radius 2 is 1.78 bits per heavy atom. The smallest absolute Gasteiger partial charge is 0.253 e. The van der Waals surface area contributed by atoms with Crippen LogP contribution in [0.1, 0.15) is 15.9 Å². The van der Waals surface area contributed by atoms with Crippen LogP contribution < -0.4 is 10.6 Å². The van der Waals surface area contributed by atoms with Crippen LogP contribution in [-0.4, -0.2) is 15.9 Å². The summed E-state index contributed by atoms with van der Waals surface area (Å²) in [5.74, 6) is -0.339. The molecule has 2 rings (SSSR count). The SMILES string of the molecule is Cc1ccccc1C(=O)N[C@@H](Nc1cccc(Cl)c1)C(Cl)(Cl)Cl. The molecule has 122 valence electrons. The van der Waals surface area contributed by atoms with E-state index in [1.54, 1.807) is 36.4 Å². The van der Waals surface area contributed by atoms with Crippen molar-refractivity contribution in [2.24, 2.45) is 0 Å². The van der Waals surface area contributed by atoms with Gasteiger partial charge in [0.05, 0.1) is 0 Å². The molecule has 2 N–H and O–H groups in total. The van der Waals surface area contributed by atoms with Crippen LogP contribution in [0, 0.1) is 6.92 Å². The number of anilines is 1. The Morgan fingerprint density at radius 1 is 1.09 bits per heavy atom. The Kier molecular flexibility index (Phi) is 6.04. The molecule has 0 heterocycles. The fourth-order valence-corrected chi connectivity index (χ4v) is 2.50. The lowest BCUT2D eigenvalue weighted by molar-refractivity contribution is 0.0941. The average Bonchev–Trinajstić information content (AvgIpc) is 2.46. The molecule has 23 heavy (non-hydrogen) atoms. The van der Waals surface area contributed by atoms with Crippen molar-refractivity contribution in [3.63, 3.8) is 0 Å². The molecule has 1 atom stereocenters. The van der Waals surface area contributed by atoms with Crippen LogP contribution in [0.3, 0.4) is 0 Å². The molecule has 0 aliphatic rings. The van der Waals surface area contributed by atoms with Gasteiger partial charge in [-0.3, -0.25) is 4.79 Å². The lowest BCUT2D eigenvalue weighted by atomic mass is 10.1. The maximum Gasteiger partial charge on any atom is 0.253 e. The van der Waals surface area contributed by atoms with Crippen molar-refractivity contribution in [2.75, 3.05) is 5.32 Å². The number of carbonyl (C=O) groups excluding carboxylic acids is 1. The number of alkyl halides is 3. The highest BCUT2D eigenvalue weighted by atomic mass is 35.6. The van der Waals surface area contributed by atoms with Gasteiger partial charge in [0.2, 0.25) is 3.79 Å². The van der Waals surface area contributed by atoms with Gasteiger partial charge < -0.3 is 10.6 Å². The third kappa shape index (κ3) is 5.18. The van der Waals surface area contributed by atoms with Gasteiger partial charge in [-0.25, -0.2) is 0 Å². The molecular weight excluding hydrogens is 378 g/mol. The molecule has 0 spiro atoms. The molecule has 0 saturated carbocycles. The number of amides is 1. The van der Waals surface area contributed by atoms with E-state index >= 15 is 0 Å². The highest BCUT2D eigenvalue weighted by Crippen LogP contribution is 2.31. The van der Waals surface area contributed by atoms with Crippen molar-refractivity contribution in [2.45, 2.75) is 16.9 Å². The standard InChI is InChI=1S/C16H14Cl4N2O/c1-10-5-2-3-8-13(10)14(23)22-15(16(18,19)20)21-12-7-4-6-11(17)9-12/h2-9,15,21H,1H3,(H,22,23)/t15-/m1/s1. The first kappa shape index (κ1) is 18.2. The topological polar surface area (TPSA) is 41.1 Å². The van der Waals surface area contributed by atoms with Crippen LogP contribution in [0.2, 0.25) is 5.02 Å². The van der Waals surface area contributed by atoms with E-state index in [1.807, 2.05) is 19.1 Å². The number of halogens is 4. The third-order valence-corrected chi connectivity index (χ3v) is 4.02. The predicted molar refractivity (Wildman–Crippen MR) is 97.8 cm³/mol.